The zero-order valence-corrected chi connectivity index (χ0v) is 14.0. The van der Waals surface area contributed by atoms with Crippen molar-refractivity contribution in [2.24, 2.45) is 7.05 Å². The first-order valence-electron chi connectivity index (χ1n) is 7.85. The van der Waals surface area contributed by atoms with Crippen LogP contribution in [0.25, 0.3) is 0 Å². The third-order valence-corrected chi connectivity index (χ3v) is 4.22. The minimum Gasteiger partial charge on any atom is -0.480 e. The maximum Gasteiger partial charge on any atom is 0.263 e. The average Bonchev–Trinajstić information content (AvgIpc) is 3.09. The van der Waals surface area contributed by atoms with E-state index >= 15 is 0 Å². The highest BCUT2D eigenvalue weighted by molar-refractivity contribution is 5.92. The van der Waals surface area contributed by atoms with Gasteiger partial charge in [0.05, 0.1) is 11.3 Å². The van der Waals surface area contributed by atoms with Crippen molar-refractivity contribution in [3.8, 4) is 11.8 Å². The lowest BCUT2D eigenvalue weighted by atomic mass is 10.1. The Kier molecular flexibility index (Phi) is 4.21. The molecular weight excluding hydrogens is 306 g/mol. The highest BCUT2D eigenvalue weighted by Gasteiger charge is 2.18. The van der Waals surface area contributed by atoms with E-state index in [0.717, 1.165) is 41.9 Å². The molecule has 0 fully saturated rings. The van der Waals surface area contributed by atoms with Gasteiger partial charge in [0.25, 0.3) is 5.91 Å². The molecule has 0 saturated carbocycles. The van der Waals surface area contributed by atoms with E-state index in [1.54, 1.807) is 4.68 Å². The maximum atomic E-state index is 12.2. The molecular formula is C17H19N5O2. The molecule has 0 unspecified atom stereocenters. The molecule has 0 spiro atoms. The molecule has 7 heteroatoms. The van der Waals surface area contributed by atoms with E-state index in [-0.39, 0.29) is 12.5 Å². The molecule has 0 aromatic carbocycles. The Hall–Kier alpha value is -2.88. The number of nitriles is 1. The number of hydrogen-bond donors (Lipinski definition) is 1. The quantitative estimate of drug-likeness (QED) is 0.925. The van der Waals surface area contributed by atoms with Gasteiger partial charge in [-0.15, -0.1) is 0 Å². The smallest absolute Gasteiger partial charge is 0.263 e. The highest BCUT2D eigenvalue weighted by Crippen LogP contribution is 2.25. The van der Waals surface area contributed by atoms with Crippen LogP contribution in [-0.4, -0.2) is 27.3 Å². The van der Waals surface area contributed by atoms with Crippen LogP contribution in [0.4, 0.5) is 5.82 Å². The summed E-state index contributed by atoms with van der Waals surface area (Å²) >= 11 is 0. The number of nitrogens with zero attached hydrogens (tertiary/aromatic N) is 4. The molecule has 0 radical (unpaired) electrons. The predicted octanol–water partition coefficient (Wildman–Crippen LogP) is 1.81. The minimum absolute atomic E-state index is 0.156. The predicted molar refractivity (Wildman–Crippen MR) is 87.8 cm³/mol. The summed E-state index contributed by atoms with van der Waals surface area (Å²) in [6.07, 6.45) is 2.86. The SMILES string of the molecule is Cc1nn(C)c(C)c1OCC(=O)Nc1nc2c(cc1C#N)CCC2. The molecule has 2 aromatic rings. The molecule has 24 heavy (non-hydrogen) atoms. The van der Waals surface area contributed by atoms with E-state index in [1.165, 1.54) is 0 Å². The van der Waals surface area contributed by atoms with Gasteiger partial charge in [-0.25, -0.2) is 4.98 Å². The molecule has 2 heterocycles. The van der Waals surface area contributed by atoms with Crippen LogP contribution in [-0.2, 0) is 24.7 Å². The highest BCUT2D eigenvalue weighted by atomic mass is 16.5. The van der Waals surface area contributed by atoms with Gasteiger partial charge < -0.3 is 10.1 Å². The molecule has 7 nitrogen and oxygen atoms in total. The van der Waals surface area contributed by atoms with Crippen LogP contribution in [0, 0.1) is 25.2 Å². The van der Waals surface area contributed by atoms with Crippen molar-refractivity contribution in [3.05, 3.63) is 34.3 Å². The zero-order valence-electron chi connectivity index (χ0n) is 14.0. The Morgan fingerprint density at radius 2 is 2.25 bits per heavy atom. The lowest BCUT2D eigenvalue weighted by Crippen LogP contribution is -2.22. The second-order valence-corrected chi connectivity index (χ2v) is 5.92. The molecule has 0 bridgehead atoms. The number of hydrogen-bond acceptors (Lipinski definition) is 5. The standard InChI is InChI=1S/C17H19N5O2/c1-10-16(11(2)22(3)21-10)24-9-15(23)20-17-13(8-18)7-12-5-4-6-14(12)19-17/h7H,4-6,9H2,1-3H3,(H,19,20,23). The van der Waals surface area contributed by atoms with E-state index in [2.05, 4.69) is 21.5 Å². The van der Waals surface area contributed by atoms with Gasteiger partial charge in [0.15, 0.2) is 18.2 Å². The van der Waals surface area contributed by atoms with E-state index in [9.17, 15) is 10.1 Å². The van der Waals surface area contributed by atoms with Crippen molar-refractivity contribution in [2.75, 3.05) is 11.9 Å². The van der Waals surface area contributed by atoms with Crippen molar-refractivity contribution in [2.45, 2.75) is 33.1 Å². The van der Waals surface area contributed by atoms with Crippen molar-refractivity contribution in [1.82, 2.24) is 14.8 Å². The molecule has 0 atom stereocenters. The molecule has 0 saturated heterocycles. The number of aryl methyl sites for hydroxylation is 4. The Morgan fingerprint density at radius 1 is 1.46 bits per heavy atom. The topological polar surface area (TPSA) is 92.8 Å². The molecule has 1 amide bonds. The normalized spacial score (nSPS) is 12.6. The van der Waals surface area contributed by atoms with Crippen LogP contribution >= 0.6 is 0 Å². The molecule has 2 aromatic heterocycles. The molecule has 0 aliphatic heterocycles. The second-order valence-electron chi connectivity index (χ2n) is 5.92. The van der Waals surface area contributed by atoms with Gasteiger partial charge in [0.1, 0.15) is 11.8 Å². The van der Waals surface area contributed by atoms with Crippen molar-refractivity contribution in [3.63, 3.8) is 0 Å². The van der Waals surface area contributed by atoms with Gasteiger partial charge in [-0.3, -0.25) is 9.48 Å². The number of fused-ring (bicyclic) bond motifs is 1. The van der Waals surface area contributed by atoms with Crippen LogP contribution in [0.1, 0.15) is 34.6 Å². The Balaban J connectivity index is 1.70. The average molecular weight is 325 g/mol. The number of anilines is 1. The van der Waals surface area contributed by atoms with Crippen molar-refractivity contribution < 1.29 is 9.53 Å². The number of amides is 1. The van der Waals surface area contributed by atoms with Crippen LogP contribution in [0.3, 0.4) is 0 Å². The largest absolute Gasteiger partial charge is 0.480 e. The van der Waals surface area contributed by atoms with Crippen molar-refractivity contribution >= 4 is 11.7 Å². The van der Waals surface area contributed by atoms with Gasteiger partial charge in [-0.2, -0.15) is 10.4 Å². The van der Waals surface area contributed by atoms with Gasteiger partial charge in [-0.05, 0) is 44.7 Å². The fourth-order valence-corrected chi connectivity index (χ4v) is 2.92. The first-order valence-corrected chi connectivity index (χ1v) is 7.85. The van der Waals surface area contributed by atoms with Crippen LogP contribution in [0.15, 0.2) is 6.07 Å². The number of ether oxygens (including phenoxy) is 1. The summed E-state index contributed by atoms with van der Waals surface area (Å²) in [4.78, 5) is 16.6. The van der Waals surface area contributed by atoms with Gasteiger partial charge >= 0.3 is 0 Å². The Labute approximate surface area is 140 Å². The molecule has 124 valence electrons. The number of rotatable bonds is 4. The molecule has 1 aliphatic rings. The lowest BCUT2D eigenvalue weighted by molar-refractivity contribution is -0.118. The summed E-state index contributed by atoms with van der Waals surface area (Å²) in [5.74, 6) is 0.570. The van der Waals surface area contributed by atoms with Gasteiger partial charge in [0, 0.05) is 12.7 Å². The Morgan fingerprint density at radius 3 is 2.92 bits per heavy atom. The summed E-state index contributed by atoms with van der Waals surface area (Å²) in [7, 11) is 1.82. The summed E-state index contributed by atoms with van der Waals surface area (Å²) in [6.45, 7) is 3.55. The summed E-state index contributed by atoms with van der Waals surface area (Å²) in [5.41, 5.74) is 4.04. The monoisotopic (exact) mass is 325 g/mol. The van der Waals surface area contributed by atoms with Crippen LogP contribution in [0.2, 0.25) is 0 Å². The third-order valence-electron chi connectivity index (χ3n) is 4.22. The van der Waals surface area contributed by atoms with E-state index in [0.29, 0.717) is 17.1 Å². The van der Waals surface area contributed by atoms with Crippen molar-refractivity contribution in [1.29, 1.82) is 5.26 Å². The third kappa shape index (κ3) is 2.95. The molecule has 3 rings (SSSR count). The maximum absolute atomic E-state index is 12.2. The first kappa shape index (κ1) is 16.0. The van der Waals surface area contributed by atoms with Crippen LogP contribution in [0.5, 0.6) is 5.75 Å². The number of carbonyl (C=O) groups is 1. The fraction of sp³-hybridized carbons (Fsp3) is 0.412. The minimum atomic E-state index is -0.348. The van der Waals surface area contributed by atoms with E-state index in [4.69, 9.17) is 4.74 Å². The molecule has 1 aliphatic carbocycles. The zero-order chi connectivity index (χ0) is 17.3. The number of nitrogens with one attached hydrogen (secondary N) is 1. The van der Waals surface area contributed by atoms with E-state index in [1.807, 2.05) is 27.0 Å². The number of aromatic nitrogens is 3. The summed E-state index contributed by atoms with van der Waals surface area (Å²) in [5, 5.41) is 16.2. The second kappa shape index (κ2) is 6.32. The van der Waals surface area contributed by atoms with E-state index < -0.39 is 0 Å². The van der Waals surface area contributed by atoms with Gasteiger partial charge in [-0.1, -0.05) is 0 Å². The molecule has 1 N–H and O–H groups in total. The summed E-state index contributed by atoms with van der Waals surface area (Å²) in [6, 6.07) is 3.92. The van der Waals surface area contributed by atoms with Gasteiger partial charge in [0.2, 0.25) is 0 Å². The number of pyridine rings is 1. The fourth-order valence-electron chi connectivity index (χ4n) is 2.92. The first-order chi connectivity index (χ1) is 11.5. The lowest BCUT2D eigenvalue weighted by Gasteiger charge is -2.10. The number of carbonyl (C=O) groups excluding carboxylic acids is 1. The van der Waals surface area contributed by atoms with Crippen LogP contribution < -0.4 is 10.1 Å². The Bertz CT molecular complexity index is 848. The summed E-state index contributed by atoms with van der Waals surface area (Å²) < 4.78 is 7.29.